The molecular weight excluding hydrogens is 271 g/mol. The van der Waals surface area contributed by atoms with E-state index in [1.54, 1.807) is 12.1 Å². The summed E-state index contributed by atoms with van der Waals surface area (Å²) in [5, 5.41) is 0. The number of benzene rings is 1. The van der Waals surface area contributed by atoms with Gasteiger partial charge >= 0.3 is 0 Å². The highest BCUT2D eigenvalue weighted by atomic mass is 32.2. The van der Waals surface area contributed by atoms with E-state index in [0.717, 1.165) is 13.1 Å². The smallest absolute Gasteiger partial charge is 0.127 e. The SMILES string of the molecule is NC(=S)c1ccc(F)c(CN2CCS(=O)CC2)c1. The average molecular weight is 286 g/mol. The lowest BCUT2D eigenvalue weighted by atomic mass is 10.1. The Labute approximate surface area is 114 Å². The van der Waals surface area contributed by atoms with Crippen molar-refractivity contribution < 1.29 is 8.60 Å². The maximum atomic E-state index is 13.7. The number of nitrogens with two attached hydrogens (primary N) is 1. The highest BCUT2D eigenvalue weighted by Gasteiger charge is 2.17. The van der Waals surface area contributed by atoms with Crippen LogP contribution in [0.3, 0.4) is 0 Å². The predicted octanol–water partition coefficient (Wildman–Crippen LogP) is 1.02. The third kappa shape index (κ3) is 3.34. The fourth-order valence-electron chi connectivity index (χ4n) is 1.92. The molecule has 1 aromatic rings. The lowest BCUT2D eigenvalue weighted by Gasteiger charge is -2.26. The highest BCUT2D eigenvalue weighted by Crippen LogP contribution is 2.14. The Bertz CT molecular complexity index is 483. The van der Waals surface area contributed by atoms with E-state index >= 15 is 0 Å². The highest BCUT2D eigenvalue weighted by molar-refractivity contribution is 7.85. The molecule has 18 heavy (non-hydrogen) atoms. The van der Waals surface area contributed by atoms with E-state index in [4.69, 9.17) is 18.0 Å². The number of halogens is 1. The molecule has 98 valence electrons. The van der Waals surface area contributed by atoms with Crippen molar-refractivity contribution in [1.29, 1.82) is 0 Å². The van der Waals surface area contributed by atoms with Gasteiger partial charge in [-0.2, -0.15) is 0 Å². The summed E-state index contributed by atoms with van der Waals surface area (Å²) in [5.41, 5.74) is 6.81. The third-order valence-corrected chi connectivity index (χ3v) is 4.51. The average Bonchev–Trinajstić information content (AvgIpc) is 2.34. The first kappa shape index (κ1) is 13.6. The number of nitrogens with zero attached hydrogens (tertiary/aromatic N) is 1. The molecule has 0 saturated carbocycles. The molecule has 3 nitrogen and oxygen atoms in total. The van der Waals surface area contributed by atoms with Crippen molar-refractivity contribution >= 4 is 28.0 Å². The van der Waals surface area contributed by atoms with Crippen molar-refractivity contribution in [3.05, 3.63) is 35.1 Å². The van der Waals surface area contributed by atoms with Crippen LogP contribution in [-0.2, 0) is 17.3 Å². The minimum Gasteiger partial charge on any atom is -0.389 e. The number of rotatable bonds is 3. The molecule has 1 saturated heterocycles. The summed E-state index contributed by atoms with van der Waals surface area (Å²) in [6.45, 7) is 1.99. The first-order valence-electron chi connectivity index (χ1n) is 5.72. The van der Waals surface area contributed by atoms with Crippen LogP contribution in [0.2, 0.25) is 0 Å². The minimum absolute atomic E-state index is 0.248. The summed E-state index contributed by atoms with van der Waals surface area (Å²) in [4.78, 5) is 2.37. The number of thiocarbonyl (C=S) groups is 1. The minimum atomic E-state index is -0.712. The van der Waals surface area contributed by atoms with E-state index in [1.807, 2.05) is 0 Å². The molecule has 0 atom stereocenters. The number of hydrogen-bond acceptors (Lipinski definition) is 3. The quantitative estimate of drug-likeness (QED) is 0.843. The van der Waals surface area contributed by atoms with Crippen molar-refractivity contribution in [3.8, 4) is 0 Å². The van der Waals surface area contributed by atoms with E-state index in [9.17, 15) is 8.60 Å². The van der Waals surface area contributed by atoms with Gasteiger partial charge < -0.3 is 5.73 Å². The van der Waals surface area contributed by atoms with Crippen molar-refractivity contribution in [2.45, 2.75) is 6.54 Å². The van der Waals surface area contributed by atoms with Gasteiger partial charge in [0.1, 0.15) is 10.8 Å². The first-order chi connectivity index (χ1) is 8.56. The van der Waals surface area contributed by atoms with E-state index in [-0.39, 0.29) is 10.8 Å². The summed E-state index contributed by atoms with van der Waals surface area (Å²) < 4.78 is 24.9. The molecular formula is C12H15FN2OS2. The Morgan fingerprint density at radius 2 is 2.11 bits per heavy atom. The fourth-order valence-corrected chi connectivity index (χ4v) is 3.18. The molecule has 2 rings (SSSR count). The second kappa shape index (κ2) is 5.86. The van der Waals surface area contributed by atoms with Gasteiger partial charge in [0.25, 0.3) is 0 Å². The van der Waals surface area contributed by atoms with Crippen LogP contribution >= 0.6 is 12.2 Å². The monoisotopic (exact) mass is 286 g/mol. The molecule has 1 fully saturated rings. The Morgan fingerprint density at radius 3 is 2.72 bits per heavy atom. The zero-order chi connectivity index (χ0) is 13.1. The molecule has 0 aromatic heterocycles. The topological polar surface area (TPSA) is 46.3 Å². The van der Waals surface area contributed by atoms with Gasteiger partial charge in [-0.05, 0) is 18.2 Å². The molecule has 0 amide bonds. The number of hydrogen-bond donors (Lipinski definition) is 1. The van der Waals surface area contributed by atoms with E-state index in [0.29, 0.717) is 29.2 Å². The maximum Gasteiger partial charge on any atom is 0.127 e. The molecule has 1 aromatic carbocycles. The molecule has 0 spiro atoms. The van der Waals surface area contributed by atoms with Crippen LogP contribution in [0.25, 0.3) is 0 Å². The Kier molecular flexibility index (Phi) is 4.42. The van der Waals surface area contributed by atoms with Crippen LogP contribution < -0.4 is 5.73 Å². The molecule has 0 aliphatic carbocycles. The van der Waals surface area contributed by atoms with E-state index in [1.165, 1.54) is 6.07 Å². The Balaban J connectivity index is 2.10. The summed E-state index contributed by atoms with van der Waals surface area (Å²) >= 11 is 4.89. The summed E-state index contributed by atoms with van der Waals surface area (Å²) in [6, 6.07) is 4.68. The lowest BCUT2D eigenvalue weighted by Crippen LogP contribution is -2.37. The van der Waals surface area contributed by atoms with Crippen molar-refractivity contribution in [2.75, 3.05) is 24.6 Å². The summed E-state index contributed by atoms with van der Waals surface area (Å²) in [7, 11) is -0.712. The second-order valence-corrected chi connectivity index (χ2v) is 6.43. The molecule has 0 radical (unpaired) electrons. The first-order valence-corrected chi connectivity index (χ1v) is 7.61. The molecule has 1 aliphatic heterocycles. The summed E-state index contributed by atoms with van der Waals surface area (Å²) in [6.07, 6.45) is 0. The summed E-state index contributed by atoms with van der Waals surface area (Å²) in [5.74, 6) is 1.08. The fraction of sp³-hybridized carbons (Fsp3) is 0.417. The zero-order valence-electron chi connectivity index (χ0n) is 9.89. The second-order valence-electron chi connectivity index (χ2n) is 4.29. The molecule has 0 unspecified atom stereocenters. The van der Waals surface area contributed by atoms with Gasteiger partial charge in [0.2, 0.25) is 0 Å². The van der Waals surface area contributed by atoms with Gasteiger partial charge in [-0.1, -0.05) is 12.2 Å². The van der Waals surface area contributed by atoms with Gasteiger partial charge in [0.15, 0.2) is 0 Å². The van der Waals surface area contributed by atoms with Crippen molar-refractivity contribution in [2.24, 2.45) is 5.73 Å². The van der Waals surface area contributed by atoms with Crippen molar-refractivity contribution in [1.82, 2.24) is 4.90 Å². The molecule has 1 aliphatic rings. The molecule has 1 heterocycles. The van der Waals surface area contributed by atoms with E-state index < -0.39 is 10.8 Å². The van der Waals surface area contributed by atoms with Gasteiger partial charge in [0, 0.05) is 53.1 Å². The standard InChI is InChI=1S/C12H15FN2OS2/c13-11-2-1-9(12(14)17)7-10(11)8-15-3-5-18(16)6-4-15/h1-2,7H,3-6,8H2,(H2,14,17). The third-order valence-electron chi connectivity index (χ3n) is 2.99. The van der Waals surface area contributed by atoms with E-state index in [2.05, 4.69) is 4.90 Å². The normalized spacial score (nSPS) is 17.8. The molecule has 0 bridgehead atoms. The van der Waals surface area contributed by atoms with Gasteiger partial charge in [-0.25, -0.2) is 4.39 Å². The van der Waals surface area contributed by atoms with Crippen LogP contribution in [0, 0.1) is 5.82 Å². The van der Waals surface area contributed by atoms with Crippen LogP contribution in [0.1, 0.15) is 11.1 Å². The zero-order valence-corrected chi connectivity index (χ0v) is 11.5. The largest absolute Gasteiger partial charge is 0.389 e. The Morgan fingerprint density at radius 1 is 1.44 bits per heavy atom. The molecule has 2 N–H and O–H groups in total. The maximum absolute atomic E-state index is 13.7. The predicted molar refractivity (Wildman–Crippen MR) is 75.4 cm³/mol. The van der Waals surface area contributed by atoms with Gasteiger partial charge in [0.05, 0.1) is 0 Å². The Hall–Kier alpha value is -0.850. The van der Waals surface area contributed by atoms with Crippen LogP contribution in [-0.4, -0.2) is 38.7 Å². The van der Waals surface area contributed by atoms with Gasteiger partial charge in [-0.15, -0.1) is 0 Å². The lowest BCUT2D eigenvalue weighted by molar-refractivity contribution is 0.287. The van der Waals surface area contributed by atoms with Crippen LogP contribution in [0.15, 0.2) is 18.2 Å². The van der Waals surface area contributed by atoms with Gasteiger partial charge in [-0.3, -0.25) is 9.11 Å². The molecule has 6 heteroatoms. The van der Waals surface area contributed by atoms with Crippen LogP contribution in [0.4, 0.5) is 4.39 Å². The van der Waals surface area contributed by atoms with Crippen LogP contribution in [0.5, 0.6) is 0 Å². The van der Waals surface area contributed by atoms with Crippen molar-refractivity contribution in [3.63, 3.8) is 0 Å².